The van der Waals surface area contributed by atoms with Crippen molar-refractivity contribution in [1.29, 1.82) is 0 Å². The van der Waals surface area contributed by atoms with Gasteiger partial charge in [-0.05, 0) is 35.3 Å². The van der Waals surface area contributed by atoms with Gasteiger partial charge in [0.05, 0.1) is 12.1 Å². The molecule has 1 aromatic carbocycles. The first-order valence-electron chi connectivity index (χ1n) is 12.8. The Kier molecular flexibility index (Phi) is 9.57. The van der Waals surface area contributed by atoms with Gasteiger partial charge in [0.2, 0.25) is 0 Å². The summed E-state index contributed by atoms with van der Waals surface area (Å²) in [7, 11) is 2.83. The topological polar surface area (TPSA) is 155 Å². The Morgan fingerprint density at radius 3 is 2.74 bits per heavy atom. The lowest BCUT2D eigenvalue weighted by Crippen LogP contribution is -2.71. The zero-order chi connectivity index (χ0) is 30.5. The van der Waals surface area contributed by atoms with E-state index >= 15 is 0 Å². The van der Waals surface area contributed by atoms with Crippen LogP contribution >= 0.6 is 34.7 Å². The highest BCUT2D eigenvalue weighted by Crippen LogP contribution is 2.40. The fourth-order valence-corrected chi connectivity index (χ4v) is 6.50. The number of hydrogen-bond acceptors (Lipinski definition) is 13. The van der Waals surface area contributed by atoms with Gasteiger partial charge in [0.25, 0.3) is 17.7 Å². The highest BCUT2D eigenvalue weighted by atomic mass is 35.5. The summed E-state index contributed by atoms with van der Waals surface area (Å²) in [5.74, 6) is -0.00808. The van der Waals surface area contributed by atoms with Gasteiger partial charge in [0, 0.05) is 23.1 Å². The van der Waals surface area contributed by atoms with Crippen LogP contribution in [0.4, 0.5) is 0 Å². The number of methoxy groups -OCH3 is 1. The lowest BCUT2D eigenvalue weighted by molar-refractivity contribution is -0.149. The van der Waals surface area contributed by atoms with E-state index in [1.807, 2.05) is 24.3 Å². The summed E-state index contributed by atoms with van der Waals surface area (Å²) in [6.07, 6.45) is 0. The van der Waals surface area contributed by atoms with E-state index in [1.165, 1.54) is 36.0 Å². The van der Waals surface area contributed by atoms with Crippen molar-refractivity contribution in [3.05, 3.63) is 69.0 Å². The molecule has 13 nitrogen and oxygen atoms in total. The number of nitrogens with zero attached hydrogens (tertiary/aromatic N) is 4. The molecule has 1 saturated heterocycles. The largest absolute Gasteiger partial charge is 0.539 e. The summed E-state index contributed by atoms with van der Waals surface area (Å²) in [5.41, 5.74) is 1.77. The summed E-state index contributed by atoms with van der Waals surface area (Å²) in [6, 6.07) is 8.05. The summed E-state index contributed by atoms with van der Waals surface area (Å²) >= 11 is 8.70. The van der Waals surface area contributed by atoms with E-state index in [-0.39, 0.29) is 42.1 Å². The number of fused-ring (bicyclic) bond motifs is 1. The van der Waals surface area contributed by atoms with Crippen LogP contribution in [0.5, 0.6) is 11.6 Å². The zero-order valence-electron chi connectivity index (χ0n) is 23.2. The lowest BCUT2D eigenvalue weighted by atomic mass is 10.0. The summed E-state index contributed by atoms with van der Waals surface area (Å²) in [5, 5.41) is 12.5. The van der Waals surface area contributed by atoms with E-state index in [9.17, 15) is 14.4 Å². The molecule has 4 heterocycles. The zero-order valence-corrected chi connectivity index (χ0v) is 25.6. The fraction of sp³-hybridized carbons (Fsp3) is 0.308. The average molecular weight is 646 g/mol. The molecule has 5 rings (SSSR count). The molecular weight excluding hydrogens is 621 g/mol. The van der Waals surface area contributed by atoms with Crippen LogP contribution in [0.25, 0.3) is 0 Å². The number of benzene rings is 1. The molecular formula is C26H25BClN5O8S2. The van der Waals surface area contributed by atoms with E-state index in [0.29, 0.717) is 22.1 Å². The highest BCUT2D eigenvalue weighted by molar-refractivity contribution is 8.00. The number of amides is 2. The molecule has 0 radical (unpaired) electrons. The summed E-state index contributed by atoms with van der Waals surface area (Å²) < 4.78 is 20.9. The molecule has 2 aliphatic heterocycles. The molecule has 0 unspecified atom stereocenters. The average Bonchev–Trinajstić information content (AvgIpc) is 3.68. The minimum Gasteiger partial charge on any atom is -0.539 e. The number of carbonyl (C=O) groups excluding carboxylic acids is 3. The van der Waals surface area contributed by atoms with E-state index < -0.39 is 29.2 Å². The van der Waals surface area contributed by atoms with Crippen LogP contribution in [0.3, 0.4) is 0 Å². The predicted octanol–water partition coefficient (Wildman–Crippen LogP) is 1.93. The molecule has 0 spiro atoms. The van der Waals surface area contributed by atoms with Gasteiger partial charge in [0.15, 0.2) is 18.1 Å². The molecule has 43 heavy (non-hydrogen) atoms. The maximum atomic E-state index is 13.3. The van der Waals surface area contributed by atoms with Crippen LogP contribution in [0.2, 0.25) is 0 Å². The van der Waals surface area contributed by atoms with Crippen LogP contribution in [-0.4, -0.2) is 76.7 Å². The Bertz CT molecular complexity index is 1580. The highest BCUT2D eigenvalue weighted by Gasteiger charge is 2.54. The minimum absolute atomic E-state index is 0.0732. The van der Waals surface area contributed by atoms with Gasteiger partial charge in [0.1, 0.15) is 35.2 Å². The number of alkyl halides is 1. The first kappa shape index (κ1) is 30.4. The van der Waals surface area contributed by atoms with E-state index in [1.54, 1.807) is 25.5 Å². The number of rotatable bonds is 12. The van der Waals surface area contributed by atoms with Crippen LogP contribution in [0.1, 0.15) is 22.0 Å². The van der Waals surface area contributed by atoms with Crippen LogP contribution < -0.4 is 14.8 Å². The Labute approximate surface area is 259 Å². The fourth-order valence-electron chi connectivity index (χ4n) is 4.23. The van der Waals surface area contributed by atoms with Crippen molar-refractivity contribution < 1.29 is 37.9 Å². The third-order valence-corrected chi connectivity index (χ3v) is 8.83. The minimum atomic E-state index is -0.904. The second kappa shape index (κ2) is 13.5. The Hall–Kier alpha value is -4.02. The number of β-lactam (4-membered cyclic amide) rings is 1. The Morgan fingerprint density at radius 2 is 2.07 bits per heavy atom. The second-order valence-electron chi connectivity index (χ2n) is 9.17. The van der Waals surface area contributed by atoms with Crippen molar-refractivity contribution in [2.45, 2.75) is 31.6 Å². The van der Waals surface area contributed by atoms with Gasteiger partial charge in [-0.2, -0.15) is 0 Å². The maximum absolute atomic E-state index is 13.3. The number of hydrogen-bond donors (Lipinski definition) is 1. The van der Waals surface area contributed by atoms with Crippen molar-refractivity contribution in [3.63, 3.8) is 0 Å². The lowest BCUT2D eigenvalue weighted by Gasteiger charge is -2.49. The van der Waals surface area contributed by atoms with Crippen molar-refractivity contribution in [2.75, 3.05) is 18.7 Å². The molecule has 0 aliphatic carbocycles. The quantitative estimate of drug-likeness (QED) is 0.101. The first-order valence-corrected chi connectivity index (χ1v) is 15.2. The van der Waals surface area contributed by atoms with Crippen molar-refractivity contribution in [3.8, 4) is 11.6 Å². The van der Waals surface area contributed by atoms with Crippen LogP contribution in [0.15, 0.2) is 56.7 Å². The van der Waals surface area contributed by atoms with Crippen molar-refractivity contribution in [1.82, 2.24) is 20.4 Å². The molecule has 3 aromatic rings. The van der Waals surface area contributed by atoms with Crippen molar-refractivity contribution in [2.24, 2.45) is 5.16 Å². The van der Waals surface area contributed by atoms with E-state index in [2.05, 4.69) is 20.6 Å². The maximum Gasteiger partial charge on any atom is 0.337 e. The van der Waals surface area contributed by atoms with Crippen LogP contribution in [-0.2, 0) is 37.1 Å². The monoisotopic (exact) mass is 645 g/mol. The van der Waals surface area contributed by atoms with Crippen LogP contribution in [0, 0.1) is 6.92 Å². The molecule has 224 valence electrons. The Balaban J connectivity index is 1.23. The summed E-state index contributed by atoms with van der Waals surface area (Å²) in [4.78, 5) is 49.8. The molecule has 2 amide bonds. The molecule has 1 fully saturated rings. The van der Waals surface area contributed by atoms with Gasteiger partial charge in [-0.3, -0.25) is 14.5 Å². The molecule has 2 aliphatic rings. The predicted molar refractivity (Wildman–Crippen MR) is 159 cm³/mol. The molecule has 0 bridgehead atoms. The number of thiazole rings is 1. The number of ether oxygens (including phenoxy) is 2. The number of carbonyl (C=O) groups is 3. The number of aryl methyl sites for hydroxylation is 1. The number of nitrogens with one attached hydrogen (secondary N) is 1. The molecule has 2 atom stereocenters. The third kappa shape index (κ3) is 6.65. The normalized spacial score (nSPS) is 18.1. The van der Waals surface area contributed by atoms with Gasteiger partial charge < -0.3 is 28.8 Å². The molecule has 2 aromatic heterocycles. The standard InChI is InChI=1S/C26H25BClN5O8S2/c1-13-29-18(12-42-13)20(23(34)30-21-24(35)33-22(26(36)40-27)15(8-28)11-43-25(21)33)32-39-10-17-7-19(31-41-17)38-9-14-3-5-16(37-2)6-4-14/h3-7,12,21,25H,8-11,27H2,1-2H3,(H,30,34)/b32-20-/t21-,25-/m1/s1. The number of oxime groups is 1. The molecule has 17 heteroatoms. The van der Waals surface area contributed by atoms with Gasteiger partial charge in [-0.1, -0.05) is 17.3 Å². The SMILES string of the molecule is BOC(=O)C1=C(CCl)CS[C@@H]2[C@H](NC(=O)/C(=N\OCc3cc(OCc4ccc(OC)cc4)no3)c3csc(C)n3)C(=O)N12. The van der Waals surface area contributed by atoms with Crippen molar-refractivity contribution >= 4 is 66.2 Å². The second-order valence-corrected chi connectivity index (χ2v) is 11.6. The molecule has 0 saturated carbocycles. The third-order valence-electron chi connectivity index (χ3n) is 6.40. The molecule has 1 N–H and O–H groups in total. The van der Waals surface area contributed by atoms with E-state index in [4.69, 9.17) is 35.1 Å². The number of halogens is 1. The first-order chi connectivity index (χ1) is 20.8. The number of thioether (sulfide) groups is 1. The van der Waals surface area contributed by atoms with Gasteiger partial charge in [-0.15, -0.1) is 34.7 Å². The number of aromatic nitrogens is 2. The van der Waals surface area contributed by atoms with Gasteiger partial charge >= 0.3 is 14.0 Å². The summed E-state index contributed by atoms with van der Waals surface area (Å²) in [6.45, 7) is 1.90. The smallest absolute Gasteiger partial charge is 0.337 e. The van der Waals surface area contributed by atoms with E-state index in [0.717, 1.165) is 11.3 Å². The Morgan fingerprint density at radius 1 is 1.28 bits per heavy atom. The van der Waals surface area contributed by atoms with Gasteiger partial charge in [-0.25, -0.2) is 9.78 Å².